The van der Waals surface area contributed by atoms with Crippen molar-refractivity contribution in [1.29, 1.82) is 0 Å². The third kappa shape index (κ3) is 3.37. The molecule has 3 nitrogen and oxygen atoms in total. The number of hydrogen-bond acceptors (Lipinski definition) is 5. The van der Waals surface area contributed by atoms with Gasteiger partial charge in [0, 0.05) is 30.3 Å². The molecule has 0 saturated carbocycles. The number of thiazole rings is 1. The Morgan fingerprint density at radius 2 is 2.25 bits per heavy atom. The highest BCUT2D eigenvalue weighted by Crippen LogP contribution is 2.24. The minimum Gasteiger partial charge on any atom is -0.348 e. The third-order valence-corrected chi connectivity index (χ3v) is 4.52. The first kappa shape index (κ1) is 13.8. The van der Waals surface area contributed by atoms with Crippen LogP contribution in [0.2, 0.25) is 0 Å². The van der Waals surface area contributed by atoms with Gasteiger partial charge in [0.1, 0.15) is 0 Å². The Bertz CT molecular complexity index is 314. The van der Waals surface area contributed by atoms with Crippen LogP contribution in [0.1, 0.15) is 25.6 Å². The number of anilines is 1. The smallest absolute Gasteiger partial charge is 0.185 e. The molecule has 0 fully saturated rings. The molecule has 0 spiro atoms. The van der Waals surface area contributed by atoms with E-state index in [1.54, 1.807) is 11.3 Å². The van der Waals surface area contributed by atoms with Crippen molar-refractivity contribution >= 4 is 28.2 Å². The highest BCUT2D eigenvalue weighted by molar-refractivity contribution is 7.98. The standard InChI is InChI=1S/C11H21N3S2/c1-8(6-15-5)14(4)11-13-10(7-16-11)9(2)12-3/h7-9,12H,6H2,1-5H3. The van der Waals surface area contributed by atoms with Crippen LogP contribution in [-0.2, 0) is 0 Å². The zero-order valence-electron chi connectivity index (χ0n) is 10.7. The van der Waals surface area contributed by atoms with Gasteiger partial charge in [-0.15, -0.1) is 11.3 Å². The highest BCUT2D eigenvalue weighted by atomic mass is 32.2. The topological polar surface area (TPSA) is 28.2 Å². The van der Waals surface area contributed by atoms with Crippen molar-refractivity contribution in [2.75, 3.05) is 31.0 Å². The Balaban J connectivity index is 2.69. The zero-order valence-corrected chi connectivity index (χ0v) is 12.3. The molecule has 0 saturated heterocycles. The second-order valence-electron chi connectivity index (χ2n) is 3.98. The fraction of sp³-hybridized carbons (Fsp3) is 0.727. The van der Waals surface area contributed by atoms with Gasteiger partial charge in [0.2, 0.25) is 0 Å². The van der Waals surface area contributed by atoms with E-state index in [0.29, 0.717) is 12.1 Å². The van der Waals surface area contributed by atoms with Gasteiger partial charge in [-0.05, 0) is 27.2 Å². The molecule has 0 amide bonds. The minimum absolute atomic E-state index is 0.328. The Morgan fingerprint density at radius 3 is 2.81 bits per heavy atom. The largest absolute Gasteiger partial charge is 0.348 e. The molecule has 1 aromatic rings. The molecule has 1 rings (SSSR count). The highest BCUT2D eigenvalue weighted by Gasteiger charge is 2.14. The van der Waals surface area contributed by atoms with Gasteiger partial charge < -0.3 is 10.2 Å². The zero-order chi connectivity index (χ0) is 12.1. The quantitative estimate of drug-likeness (QED) is 0.850. The minimum atomic E-state index is 0.328. The number of aromatic nitrogens is 1. The number of thioether (sulfide) groups is 1. The molecule has 16 heavy (non-hydrogen) atoms. The normalized spacial score (nSPS) is 14.8. The van der Waals surface area contributed by atoms with Gasteiger partial charge in [0.15, 0.2) is 5.13 Å². The maximum atomic E-state index is 4.66. The van der Waals surface area contributed by atoms with Gasteiger partial charge in [-0.25, -0.2) is 4.98 Å². The summed E-state index contributed by atoms with van der Waals surface area (Å²) in [5, 5.41) is 6.46. The Morgan fingerprint density at radius 1 is 1.56 bits per heavy atom. The molecule has 0 bridgehead atoms. The van der Waals surface area contributed by atoms with Crippen molar-refractivity contribution in [2.24, 2.45) is 0 Å². The SMILES string of the molecule is CNC(C)c1csc(N(C)C(C)CSC)n1. The van der Waals surface area contributed by atoms with E-state index in [0.717, 1.165) is 16.6 Å². The van der Waals surface area contributed by atoms with Crippen LogP contribution in [0.15, 0.2) is 5.38 Å². The predicted molar refractivity (Wildman–Crippen MR) is 75.8 cm³/mol. The van der Waals surface area contributed by atoms with Crippen molar-refractivity contribution in [3.8, 4) is 0 Å². The Labute approximate surface area is 107 Å². The lowest BCUT2D eigenvalue weighted by atomic mass is 10.3. The molecular weight excluding hydrogens is 238 g/mol. The van der Waals surface area contributed by atoms with Crippen LogP contribution in [-0.4, -0.2) is 37.1 Å². The lowest BCUT2D eigenvalue weighted by Gasteiger charge is -2.23. The monoisotopic (exact) mass is 259 g/mol. The van der Waals surface area contributed by atoms with Gasteiger partial charge in [-0.2, -0.15) is 11.8 Å². The first-order valence-corrected chi connectivity index (χ1v) is 7.72. The van der Waals surface area contributed by atoms with Crippen molar-refractivity contribution in [3.05, 3.63) is 11.1 Å². The Kier molecular flexibility index (Phi) is 5.58. The van der Waals surface area contributed by atoms with Crippen LogP contribution in [0.25, 0.3) is 0 Å². The van der Waals surface area contributed by atoms with E-state index in [-0.39, 0.29) is 0 Å². The summed E-state index contributed by atoms with van der Waals surface area (Å²) in [6.45, 7) is 4.36. The van der Waals surface area contributed by atoms with Gasteiger partial charge in [-0.3, -0.25) is 0 Å². The lowest BCUT2D eigenvalue weighted by molar-refractivity contribution is 0.635. The molecule has 0 radical (unpaired) electrons. The molecule has 1 heterocycles. The molecule has 2 atom stereocenters. The van der Waals surface area contributed by atoms with E-state index < -0.39 is 0 Å². The van der Waals surface area contributed by atoms with E-state index in [1.165, 1.54) is 0 Å². The average Bonchev–Trinajstić information content (AvgIpc) is 2.76. The van der Waals surface area contributed by atoms with Crippen molar-refractivity contribution in [1.82, 2.24) is 10.3 Å². The lowest BCUT2D eigenvalue weighted by Crippen LogP contribution is -2.30. The third-order valence-electron chi connectivity index (χ3n) is 2.76. The van der Waals surface area contributed by atoms with Crippen molar-refractivity contribution in [2.45, 2.75) is 25.9 Å². The number of hydrogen-bond donors (Lipinski definition) is 1. The molecular formula is C11H21N3S2. The van der Waals surface area contributed by atoms with E-state index in [1.807, 2.05) is 18.8 Å². The molecule has 2 unspecified atom stereocenters. The second kappa shape index (κ2) is 6.47. The van der Waals surface area contributed by atoms with Gasteiger partial charge in [0.05, 0.1) is 5.69 Å². The second-order valence-corrected chi connectivity index (χ2v) is 5.73. The molecule has 0 aromatic carbocycles. The summed E-state index contributed by atoms with van der Waals surface area (Å²) in [5.41, 5.74) is 1.13. The average molecular weight is 259 g/mol. The van der Waals surface area contributed by atoms with E-state index in [2.05, 4.69) is 47.7 Å². The van der Waals surface area contributed by atoms with E-state index in [4.69, 9.17) is 0 Å². The van der Waals surface area contributed by atoms with Crippen LogP contribution in [0.5, 0.6) is 0 Å². The number of nitrogens with zero attached hydrogens (tertiary/aromatic N) is 2. The Hall–Kier alpha value is -0.260. The van der Waals surface area contributed by atoms with Gasteiger partial charge in [0.25, 0.3) is 0 Å². The van der Waals surface area contributed by atoms with Gasteiger partial charge >= 0.3 is 0 Å². The van der Waals surface area contributed by atoms with Crippen LogP contribution < -0.4 is 10.2 Å². The molecule has 0 aliphatic heterocycles. The van der Waals surface area contributed by atoms with Crippen LogP contribution in [0.3, 0.4) is 0 Å². The molecule has 1 aromatic heterocycles. The summed E-state index contributed by atoms with van der Waals surface area (Å²) >= 11 is 3.59. The van der Waals surface area contributed by atoms with Crippen LogP contribution >= 0.6 is 23.1 Å². The van der Waals surface area contributed by atoms with Gasteiger partial charge in [-0.1, -0.05) is 0 Å². The maximum Gasteiger partial charge on any atom is 0.185 e. The number of nitrogens with one attached hydrogen (secondary N) is 1. The van der Waals surface area contributed by atoms with E-state index >= 15 is 0 Å². The first-order chi connectivity index (χ1) is 7.60. The summed E-state index contributed by atoms with van der Waals surface area (Å²) in [6.07, 6.45) is 2.14. The summed E-state index contributed by atoms with van der Waals surface area (Å²) in [4.78, 5) is 6.91. The molecule has 0 aliphatic rings. The fourth-order valence-corrected chi connectivity index (χ4v) is 3.02. The molecule has 5 heteroatoms. The van der Waals surface area contributed by atoms with Crippen LogP contribution in [0, 0.1) is 0 Å². The predicted octanol–water partition coefficient (Wildman–Crippen LogP) is 2.61. The summed E-state index contributed by atoms with van der Waals surface area (Å²) in [7, 11) is 4.08. The summed E-state index contributed by atoms with van der Waals surface area (Å²) in [6, 6.07) is 0.855. The number of rotatable bonds is 6. The summed E-state index contributed by atoms with van der Waals surface area (Å²) < 4.78 is 0. The molecule has 1 N–H and O–H groups in total. The molecule has 0 aliphatic carbocycles. The van der Waals surface area contributed by atoms with Crippen LogP contribution in [0.4, 0.5) is 5.13 Å². The summed E-state index contributed by atoms with van der Waals surface area (Å²) in [5.74, 6) is 1.13. The molecule has 92 valence electrons. The first-order valence-electron chi connectivity index (χ1n) is 5.44. The van der Waals surface area contributed by atoms with Crippen molar-refractivity contribution in [3.63, 3.8) is 0 Å². The fourth-order valence-electron chi connectivity index (χ4n) is 1.33. The van der Waals surface area contributed by atoms with E-state index in [9.17, 15) is 0 Å². The van der Waals surface area contributed by atoms with Crippen molar-refractivity contribution < 1.29 is 0 Å². The maximum absolute atomic E-state index is 4.66.